The van der Waals surface area contributed by atoms with Gasteiger partial charge in [-0.25, -0.2) is 4.79 Å². The predicted octanol–water partition coefficient (Wildman–Crippen LogP) is 1.06. The van der Waals surface area contributed by atoms with Crippen molar-refractivity contribution < 1.29 is 19.8 Å². The fourth-order valence-electron chi connectivity index (χ4n) is 1.35. The molecular formula is C12H16N2O4. The van der Waals surface area contributed by atoms with Gasteiger partial charge in [0, 0.05) is 19.5 Å². The second-order valence-corrected chi connectivity index (χ2v) is 3.78. The van der Waals surface area contributed by atoms with E-state index in [0.717, 1.165) is 5.56 Å². The van der Waals surface area contributed by atoms with Crippen molar-refractivity contribution in [2.45, 2.75) is 19.4 Å². The van der Waals surface area contributed by atoms with Gasteiger partial charge in [0.2, 0.25) is 0 Å². The maximum Gasteiger partial charge on any atom is 0.315 e. The highest BCUT2D eigenvalue weighted by atomic mass is 16.4. The van der Waals surface area contributed by atoms with E-state index < -0.39 is 5.97 Å². The van der Waals surface area contributed by atoms with Crippen molar-refractivity contribution in [1.29, 1.82) is 0 Å². The standard InChI is InChI=1S/C12H16N2O4/c15-10-4-1-3-9(7-10)8-14-12(18)13-6-2-5-11(16)17/h1,3-4,7,15H,2,5-6,8H2,(H,16,17)(H2,13,14,18). The number of hydrogen-bond acceptors (Lipinski definition) is 3. The Bertz CT molecular complexity index is 420. The molecule has 0 atom stereocenters. The number of aromatic hydroxyl groups is 1. The number of urea groups is 1. The molecule has 0 radical (unpaired) electrons. The molecule has 1 rings (SSSR count). The van der Waals surface area contributed by atoms with Gasteiger partial charge in [0.05, 0.1) is 0 Å². The maximum atomic E-state index is 11.3. The van der Waals surface area contributed by atoms with Crippen LogP contribution >= 0.6 is 0 Å². The molecule has 0 aliphatic heterocycles. The number of amides is 2. The van der Waals surface area contributed by atoms with Crippen LogP contribution in [0.3, 0.4) is 0 Å². The fourth-order valence-corrected chi connectivity index (χ4v) is 1.35. The van der Waals surface area contributed by atoms with E-state index in [0.29, 0.717) is 19.5 Å². The van der Waals surface area contributed by atoms with Crippen molar-refractivity contribution in [2.75, 3.05) is 6.54 Å². The van der Waals surface area contributed by atoms with Gasteiger partial charge in [-0.05, 0) is 24.1 Å². The summed E-state index contributed by atoms with van der Waals surface area (Å²) in [4.78, 5) is 21.5. The monoisotopic (exact) mass is 252 g/mol. The van der Waals surface area contributed by atoms with Gasteiger partial charge in [0.15, 0.2) is 0 Å². The Kier molecular flexibility index (Phi) is 5.50. The third kappa shape index (κ3) is 5.74. The predicted molar refractivity (Wildman–Crippen MR) is 65.2 cm³/mol. The van der Waals surface area contributed by atoms with Crippen LogP contribution in [0.4, 0.5) is 4.79 Å². The number of carbonyl (C=O) groups excluding carboxylic acids is 1. The summed E-state index contributed by atoms with van der Waals surface area (Å²) in [6.07, 6.45) is 0.432. The lowest BCUT2D eigenvalue weighted by Crippen LogP contribution is -2.35. The molecule has 6 heteroatoms. The molecule has 0 spiro atoms. The van der Waals surface area contributed by atoms with E-state index in [1.165, 1.54) is 0 Å². The Hall–Kier alpha value is -2.24. The first-order chi connectivity index (χ1) is 8.58. The lowest BCUT2D eigenvalue weighted by molar-refractivity contribution is -0.137. The van der Waals surface area contributed by atoms with Gasteiger partial charge in [-0.1, -0.05) is 12.1 Å². The Morgan fingerprint density at radius 1 is 1.22 bits per heavy atom. The van der Waals surface area contributed by atoms with Crippen molar-refractivity contribution in [3.05, 3.63) is 29.8 Å². The van der Waals surface area contributed by atoms with E-state index in [1.807, 2.05) is 0 Å². The first-order valence-corrected chi connectivity index (χ1v) is 5.59. The number of phenols is 1. The number of benzene rings is 1. The lowest BCUT2D eigenvalue weighted by atomic mass is 10.2. The molecule has 0 fully saturated rings. The number of hydrogen-bond donors (Lipinski definition) is 4. The van der Waals surface area contributed by atoms with E-state index in [2.05, 4.69) is 10.6 Å². The summed E-state index contributed by atoms with van der Waals surface area (Å²) in [6, 6.07) is 6.23. The van der Waals surface area contributed by atoms with Crippen LogP contribution in [0, 0.1) is 0 Å². The summed E-state index contributed by atoms with van der Waals surface area (Å²) in [5, 5.41) is 22.8. The summed E-state index contributed by atoms with van der Waals surface area (Å²) in [7, 11) is 0. The number of phenolic OH excluding ortho intramolecular Hbond substituents is 1. The number of carbonyl (C=O) groups is 2. The van der Waals surface area contributed by atoms with Crippen LogP contribution in [0.1, 0.15) is 18.4 Å². The zero-order chi connectivity index (χ0) is 13.4. The number of carboxylic acids is 1. The van der Waals surface area contributed by atoms with Gasteiger partial charge < -0.3 is 20.8 Å². The van der Waals surface area contributed by atoms with Crippen LogP contribution in [0.25, 0.3) is 0 Å². The fraction of sp³-hybridized carbons (Fsp3) is 0.333. The summed E-state index contributed by atoms with van der Waals surface area (Å²) in [5.41, 5.74) is 0.788. The zero-order valence-corrected chi connectivity index (χ0v) is 9.85. The van der Waals surface area contributed by atoms with E-state index in [4.69, 9.17) is 5.11 Å². The molecule has 18 heavy (non-hydrogen) atoms. The normalized spacial score (nSPS) is 9.78. The lowest BCUT2D eigenvalue weighted by Gasteiger charge is -2.07. The van der Waals surface area contributed by atoms with Gasteiger partial charge in [0.25, 0.3) is 0 Å². The largest absolute Gasteiger partial charge is 0.508 e. The van der Waals surface area contributed by atoms with Crippen LogP contribution in [0.5, 0.6) is 5.75 Å². The number of carboxylic acid groups (broad SMARTS) is 1. The molecule has 4 N–H and O–H groups in total. The highest BCUT2D eigenvalue weighted by Crippen LogP contribution is 2.10. The van der Waals surface area contributed by atoms with Gasteiger partial charge in [-0.3, -0.25) is 4.79 Å². The summed E-state index contributed by atoms with van der Waals surface area (Å²) >= 11 is 0. The summed E-state index contributed by atoms with van der Waals surface area (Å²) in [6.45, 7) is 0.622. The van der Waals surface area contributed by atoms with Crippen LogP contribution in [0.15, 0.2) is 24.3 Å². The Labute approximate surface area is 105 Å². The molecule has 0 aromatic heterocycles. The van der Waals surface area contributed by atoms with Crippen LogP contribution in [-0.2, 0) is 11.3 Å². The molecule has 2 amide bonds. The SMILES string of the molecule is O=C(O)CCCNC(=O)NCc1cccc(O)c1. The van der Waals surface area contributed by atoms with Gasteiger partial charge in [0.1, 0.15) is 5.75 Å². The molecule has 1 aromatic carbocycles. The van der Waals surface area contributed by atoms with Crippen molar-refractivity contribution >= 4 is 12.0 Å². The van der Waals surface area contributed by atoms with Crippen molar-refractivity contribution in [3.63, 3.8) is 0 Å². The van der Waals surface area contributed by atoms with Crippen LogP contribution < -0.4 is 10.6 Å². The Balaban J connectivity index is 2.19. The second-order valence-electron chi connectivity index (χ2n) is 3.78. The first-order valence-electron chi connectivity index (χ1n) is 5.59. The van der Waals surface area contributed by atoms with Crippen LogP contribution in [-0.4, -0.2) is 28.8 Å². The molecule has 6 nitrogen and oxygen atoms in total. The summed E-state index contributed by atoms with van der Waals surface area (Å²) in [5.74, 6) is -0.729. The van der Waals surface area contributed by atoms with Gasteiger partial charge >= 0.3 is 12.0 Å². The smallest absolute Gasteiger partial charge is 0.315 e. The Morgan fingerprint density at radius 3 is 2.67 bits per heavy atom. The van der Waals surface area contributed by atoms with E-state index in [-0.39, 0.29) is 18.2 Å². The Morgan fingerprint density at radius 2 is 2.00 bits per heavy atom. The second kappa shape index (κ2) is 7.16. The average Bonchev–Trinajstić information content (AvgIpc) is 2.32. The molecule has 0 bridgehead atoms. The highest BCUT2D eigenvalue weighted by Gasteiger charge is 2.01. The molecule has 98 valence electrons. The maximum absolute atomic E-state index is 11.3. The topological polar surface area (TPSA) is 98.7 Å². The molecule has 0 unspecified atom stereocenters. The van der Waals surface area contributed by atoms with Gasteiger partial charge in [-0.2, -0.15) is 0 Å². The summed E-state index contributed by atoms with van der Waals surface area (Å²) < 4.78 is 0. The number of aliphatic carboxylic acids is 1. The molecule has 1 aromatic rings. The van der Waals surface area contributed by atoms with E-state index >= 15 is 0 Å². The molecule has 0 saturated carbocycles. The first kappa shape index (κ1) is 13.8. The van der Waals surface area contributed by atoms with E-state index in [9.17, 15) is 14.7 Å². The van der Waals surface area contributed by atoms with Gasteiger partial charge in [-0.15, -0.1) is 0 Å². The minimum atomic E-state index is -0.878. The third-order valence-corrected chi connectivity index (χ3v) is 2.22. The quantitative estimate of drug-likeness (QED) is 0.569. The number of rotatable bonds is 6. The van der Waals surface area contributed by atoms with E-state index in [1.54, 1.807) is 24.3 Å². The molecular weight excluding hydrogens is 236 g/mol. The molecule has 0 aliphatic rings. The zero-order valence-electron chi connectivity index (χ0n) is 9.85. The molecule has 0 aliphatic carbocycles. The van der Waals surface area contributed by atoms with Crippen molar-refractivity contribution in [2.24, 2.45) is 0 Å². The van der Waals surface area contributed by atoms with Crippen LogP contribution in [0.2, 0.25) is 0 Å². The van der Waals surface area contributed by atoms with Crippen molar-refractivity contribution in [3.8, 4) is 5.75 Å². The average molecular weight is 252 g/mol. The molecule has 0 heterocycles. The minimum Gasteiger partial charge on any atom is -0.508 e. The minimum absolute atomic E-state index is 0.0346. The molecule has 0 saturated heterocycles. The third-order valence-electron chi connectivity index (χ3n) is 2.22. The van der Waals surface area contributed by atoms with Crippen molar-refractivity contribution in [1.82, 2.24) is 10.6 Å². The number of nitrogens with one attached hydrogen (secondary N) is 2. The highest BCUT2D eigenvalue weighted by molar-refractivity contribution is 5.73.